The lowest BCUT2D eigenvalue weighted by Gasteiger charge is -2.33. The number of halogens is 4. The van der Waals surface area contributed by atoms with E-state index in [1.807, 2.05) is 0 Å². The van der Waals surface area contributed by atoms with Crippen LogP contribution in [-0.4, -0.2) is 104 Å². The molecule has 10 N–H and O–H groups in total. The molecule has 18 nitrogen and oxygen atoms in total. The highest BCUT2D eigenvalue weighted by molar-refractivity contribution is 9.12. The van der Waals surface area contributed by atoms with Crippen LogP contribution in [0, 0.1) is 0 Å². The summed E-state index contributed by atoms with van der Waals surface area (Å²) in [6.45, 7) is 0.479. The van der Waals surface area contributed by atoms with Gasteiger partial charge in [0.1, 0.15) is 35.1 Å². The molecule has 22 heteroatoms. The maximum Gasteiger partial charge on any atom is 0.269 e. The van der Waals surface area contributed by atoms with Crippen LogP contribution in [0.1, 0.15) is 48.7 Å². The Labute approximate surface area is 341 Å². The Bertz CT molecular complexity index is 2030. The second-order valence-electron chi connectivity index (χ2n) is 12.7. The number of hydrogen-bond acceptors (Lipinski definition) is 14. The molecule has 2 aliphatic heterocycles. The first-order valence-electron chi connectivity index (χ1n) is 16.4. The third-order valence-electron chi connectivity index (χ3n) is 9.24. The summed E-state index contributed by atoms with van der Waals surface area (Å²) in [6, 6.07) is 0. The number of oxime groups is 2. The topological polar surface area (TPSA) is 270 Å². The van der Waals surface area contributed by atoms with Gasteiger partial charge in [-0.2, -0.15) is 0 Å². The number of aliphatic hydroxyl groups excluding tert-OH is 2. The number of aromatic amines is 2. The number of ether oxygens (including phenoxy) is 2. The molecule has 4 aliphatic rings. The van der Waals surface area contributed by atoms with E-state index >= 15 is 0 Å². The molecule has 290 valence electrons. The van der Waals surface area contributed by atoms with E-state index in [2.05, 4.69) is 105 Å². The number of hydrogen-bond donors (Lipinski definition) is 8. The quantitative estimate of drug-likeness (QED) is 0.135. The third kappa shape index (κ3) is 7.72. The average Bonchev–Trinajstić information content (AvgIpc) is 3.94. The largest absolute Gasteiger partial charge is 0.495 e. The molecule has 2 spiro atoms. The van der Waals surface area contributed by atoms with Gasteiger partial charge in [0.25, 0.3) is 11.8 Å². The number of amides is 2. The minimum atomic E-state index is -1.29. The minimum Gasteiger partial charge on any atom is -0.495 e. The highest BCUT2D eigenvalue weighted by atomic mass is 79.9. The molecule has 0 saturated heterocycles. The first kappa shape index (κ1) is 40.0. The van der Waals surface area contributed by atoms with E-state index in [0.29, 0.717) is 60.1 Å². The number of imidazole rings is 2. The summed E-state index contributed by atoms with van der Waals surface area (Å²) in [6.07, 6.45) is 3.94. The van der Waals surface area contributed by atoms with E-state index in [9.17, 15) is 19.8 Å². The van der Waals surface area contributed by atoms with Crippen molar-refractivity contribution in [2.24, 2.45) is 10.3 Å². The molecule has 0 fully saturated rings. The van der Waals surface area contributed by atoms with E-state index in [-0.39, 0.29) is 49.3 Å². The van der Waals surface area contributed by atoms with Crippen LogP contribution >= 0.6 is 63.7 Å². The monoisotopic (exact) mass is 1000 g/mol. The van der Waals surface area contributed by atoms with E-state index in [1.54, 1.807) is 18.3 Å². The number of aliphatic hydroxyl groups is 2. The van der Waals surface area contributed by atoms with E-state index < -0.39 is 41.1 Å². The number of nitrogens with two attached hydrogens (primary N) is 2. The average molecular weight is 1010 g/mol. The van der Waals surface area contributed by atoms with Gasteiger partial charge in [-0.15, -0.1) is 0 Å². The zero-order chi connectivity index (χ0) is 38.9. The van der Waals surface area contributed by atoms with Gasteiger partial charge in [0, 0.05) is 43.2 Å². The van der Waals surface area contributed by atoms with Crippen LogP contribution in [0.25, 0.3) is 0 Å². The number of nitrogens with zero attached hydrogens (tertiary/aromatic N) is 4. The van der Waals surface area contributed by atoms with Crippen molar-refractivity contribution in [3.05, 3.63) is 64.9 Å². The molecule has 5 atom stereocenters. The van der Waals surface area contributed by atoms with Gasteiger partial charge in [-0.05, 0) is 95.1 Å². The second kappa shape index (κ2) is 16.2. The molecule has 54 heavy (non-hydrogen) atoms. The fourth-order valence-electron chi connectivity index (χ4n) is 6.53. The van der Waals surface area contributed by atoms with E-state index in [0.717, 1.165) is 5.69 Å². The Morgan fingerprint density at radius 3 is 1.94 bits per heavy atom. The SMILES string of the molecule is COC1=C(Br)[C@H](O)[C@@]2(C=C1Br)CC(C(=O)NCCCc1[nH]c(N)nc1[C@H](CCNC(=O)C1=NO[C@]3(C=C(Br)C(OC)=C(Br)[C@@H]3O)C1)c1cnc(N)[nH]1)=NO2. The van der Waals surface area contributed by atoms with Crippen molar-refractivity contribution < 1.29 is 39.0 Å². The molecule has 0 saturated carbocycles. The van der Waals surface area contributed by atoms with Crippen LogP contribution in [0.5, 0.6) is 0 Å². The lowest BCUT2D eigenvalue weighted by Crippen LogP contribution is -2.45. The number of aryl methyl sites for hydroxylation is 1. The summed E-state index contributed by atoms with van der Waals surface area (Å²) in [5.74, 6) is -0.0675. The number of nitrogens with one attached hydrogen (secondary N) is 4. The molecule has 4 heterocycles. The van der Waals surface area contributed by atoms with Crippen molar-refractivity contribution in [1.29, 1.82) is 0 Å². The number of carbonyl (C=O) groups is 2. The van der Waals surface area contributed by atoms with Crippen molar-refractivity contribution in [3.63, 3.8) is 0 Å². The first-order chi connectivity index (χ1) is 25.7. The summed E-state index contributed by atoms with van der Waals surface area (Å²) in [5, 5.41) is 35.6. The Kier molecular flexibility index (Phi) is 12.0. The van der Waals surface area contributed by atoms with Gasteiger partial charge in [0.2, 0.25) is 0 Å². The highest BCUT2D eigenvalue weighted by Crippen LogP contribution is 2.45. The predicted molar refractivity (Wildman–Crippen MR) is 210 cm³/mol. The fraction of sp³-hybridized carbons (Fsp3) is 0.438. The Hall–Kier alpha value is -3.70. The maximum absolute atomic E-state index is 13.2. The van der Waals surface area contributed by atoms with Crippen LogP contribution < -0.4 is 22.1 Å². The first-order valence-corrected chi connectivity index (χ1v) is 19.6. The Balaban J connectivity index is 1.05. The maximum atomic E-state index is 13.2. The Morgan fingerprint density at radius 1 is 0.907 bits per heavy atom. The molecule has 0 radical (unpaired) electrons. The van der Waals surface area contributed by atoms with Gasteiger partial charge in [0.05, 0.1) is 44.0 Å². The third-order valence-corrected chi connectivity index (χ3v) is 12.0. The Morgan fingerprint density at radius 2 is 1.44 bits per heavy atom. The van der Waals surface area contributed by atoms with Gasteiger partial charge in [-0.1, -0.05) is 10.3 Å². The number of rotatable bonds is 13. The van der Waals surface area contributed by atoms with Crippen molar-refractivity contribution >= 4 is 98.9 Å². The van der Waals surface area contributed by atoms with E-state index in [1.165, 1.54) is 14.2 Å². The highest BCUT2D eigenvalue weighted by Gasteiger charge is 2.52. The number of methoxy groups -OCH3 is 2. The summed E-state index contributed by atoms with van der Waals surface area (Å²) >= 11 is 13.6. The molecular weight excluding hydrogens is 972 g/mol. The van der Waals surface area contributed by atoms with Crippen LogP contribution in [0.2, 0.25) is 0 Å². The van der Waals surface area contributed by atoms with Gasteiger partial charge in [-0.3, -0.25) is 9.59 Å². The van der Waals surface area contributed by atoms with Gasteiger partial charge >= 0.3 is 0 Å². The molecular formula is C32H36Br4N10O8. The normalized spacial score (nSPS) is 25.5. The molecule has 2 amide bonds. The zero-order valence-electron chi connectivity index (χ0n) is 28.7. The van der Waals surface area contributed by atoms with Gasteiger partial charge < -0.3 is 61.4 Å². The number of carbonyl (C=O) groups excluding carboxylic acids is 2. The van der Waals surface area contributed by atoms with Crippen molar-refractivity contribution in [2.75, 3.05) is 38.8 Å². The summed E-state index contributed by atoms with van der Waals surface area (Å²) < 4.78 is 12.5. The van der Waals surface area contributed by atoms with Crippen LogP contribution in [0.4, 0.5) is 11.9 Å². The zero-order valence-corrected chi connectivity index (χ0v) is 35.1. The molecule has 2 aliphatic carbocycles. The summed E-state index contributed by atoms with van der Waals surface area (Å²) in [4.78, 5) is 52.4. The second-order valence-corrected chi connectivity index (χ2v) is 16.2. The number of aromatic nitrogens is 4. The molecule has 6 rings (SSSR count). The molecule has 0 unspecified atom stereocenters. The smallest absolute Gasteiger partial charge is 0.269 e. The number of nitrogen functional groups attached to an aromatic ring is 2. The summed E-state index contributed by atoms with van der Waals surface area (Å²) in [5.41, 5.74) is 11.7. The lowest BCUT2D eigenvalue weighted by molar-refractivity contribution is -0.115. The fourth-order valence-corrected chi connectivity index (χ4v) is 10.1. The molecule has 2 aromatic heterocycles. The van der Waals surface area contributed by atoms with Crippen LogP contribution in [-0.2, 0) is 35.2 Å². The number of allylic oxidation sites excluding steroid dienone is 2. The van der Waals surface area contributed by atoms with Crippen molar-refractivity contribution in [3.8, 4) is 0 Å². The predicted octanol–water partition coefficient (Wildman–Crippen LogP) is 2.83. The van der Waals surface area contributed by atoms with Gasteiger partial charge in [-0.25, -0.2) is 9.97 Å². The minimum absolute atomic E-state index is 0.0146. The van der Waals surface area contributed by atoms with Crippen LogP contribution in [0.15, 0.2) is 58.1 Å². The number of anilines is 2. The lowest BCUT2D eigenvalue weighted by atomic mass is 9.87. The number of H-pyrrole nitrogens is 2. The molecule has 0 aromatic carbocycles. The van der Waals surface area contributed by atoms with Gasteiger partial charge in [0.15, 0.2) is 23.1 Å². The molecule has 0 bridgehead atoms. The van der Waals surface area contributed by atoms with E-state index in [4.69, 9.17) is 30.6 Å². The molecule has 2 aromatic rings. The standard InChI is InChI=1S/C32H36Br4N10O8/c1-51-23-14(33)8-31(25(47)20(23)35)10-17(45-53-31)27(49)39-6-3-4-16-22(44-30(38)42-16)13(19-12-41-29(37)43-19)5-7-40-28(50)18-11-32(54-46-18)9-15(34)24(52-2)21(36)26(32)48/h8-9,12-13,25-26,47-48H,3-7,10-11H2,1-2H3,(H,39,49)(H,40,50)(H3,37,41,43)(H3,38,42,44)/t13-,25+,26+,31-,32-/m1/s1. The van der Waals surface area contributed by atoms with Crippen molar-refractivity contribution in [1.82, 2.24) is 30.6 Å². The van der Waals surface area contributed by atoms with Crippen molar-refractivity contribution in [2.45, 2.75) is 61.4 Å². The summed E-state index contributed by atoms with van der Waals surface area (Å²) in [7, 11) is 2.95. The van der Waals surface area contributed by atoms with Crippen LogP contribution in [0.3, 0.4) is 0 Å².